The molecule has 2 heterocycles. The van der Waals surface area contributed by atoms with Crippen molar-refractivity contribution in [2.45, 2.75) is 63.6 Å². The number of rotatable bonds is 7. The minimum Gasteiger partial charge on any atom is -0.445 e. The summed E-state index contributed by atoms with van der Waals surface area (Å²) in [5.74, 6) is 0.469. The van der Waals surface area contributed by atoms with Crippen LogP contribution >= 0.6 is 0 Å². The van der Waals surface area contributed by atoms with Crippen molar-refractivity contribution < 1.29 is 14.3 Å². The molecule has 134 valence electrons. The van der Waals surface area contributed by atoms with Gasteiger partial charge in [-0.25, -0.2) is 4.79 Å². The van der Waals surface area contributed by atoms with E-state index in [-0.39, 0.29) is 24.1 Å². The van der Waals surface area contributed by atoms with Crippen molar-refractivity contribution >= 4 is 11.9 Å². The van der Waals surface area contributed by atoms with Gasteiger partial charge in [-0.2, -0.15) is 0 Å². The molecule has 2 unspecified atom stereocenters. The molecule has 1 aromatic carbocycles. The lowest BCUT2D eigenvalue weighted by Gasteiger charge is -2.37. The lowest BCUT2D eigenvalue weighted by molar-refractivity contribution is -0.125. The molecule has 0 spiro atoms. The van der Waals surface area contributed by atoms with E-state index in [0.29, 0.717) is 18.8 Å². The molecular formula is C21H27NO3. The van der Waals surface area contributed by atoms with E-state index in [1.807, 2.05) is 41.3 Å². The molecule has 2 atom stereocenters. The first kappa shape index (κ1) is 17.7. The number of amides is 1. The molecule has 0 radical (unpaired) electrons. The van der Waals surface area contributed by atoms with Crippen LogP contribution in [0.1, 0.15) is 50.5 Å². The molecule has 2 fully saturated rings. The highest BCUT2D eigenvalue weighted by atomic mass is 16.6. The van der Waals surface area contributed by atoms with E-state index in [0.717, 1.165) is 44.1 Å². The third-order valence-corrected chi connectivity index (χ3v) is 5.44. The molecule has 2 bridgehead atoms. The second kappa shape index (κ2) is 8.32. The zero-order valence-electron chi connectivity index (χ0n) is 14.7. The zero-order valence-corrected chi connectivity index (χ0v) is 14.7. The molecule has 2 aliphatic heterocycles. The first-order valence-electron chi connectivity index (χ1n) is 9.31. The Balaban J connectivity index is 1.52. The van der Waals surface area contributed by atoms with E-state index in [1.54, 1.807) is 0 Å². The van der Waals surface area contributed by atoms with Gasteiger partial charge in [-0.1, -0.05) is 36.4 Å². The van der Waals surface area contributed by atoms with Gasteiger partial charge in [0, 0.05) is 24.4 Å². The lowest BCUT2D eigenvalue weighted by Crippen LogP contribution is -2.48. The van der Waals surface area contributed by atoms with E-state index in [2.05, 4.69) is 6.58 Å². The third-order valence-electron chi connectivity index (χ3n) is 5.44. The number of unbranched alkanes of at least 4 members (excludes halogenated alkanes) is 1. The van der Waals surface area contributed by atoms with Gasteiger partial charge >= 0.3 is 6.09 Å². The van der Waals surface area contributed by atoms with Crippen LogP contribution in [0, 0.1) is 5.92 Å². The number of hydrogen-bond acceptors (Lipinski definition) is 3. The molecular weight excluding hydrogens is 314 g/mol. The average molecular weight is 341 g/mol. The van der Waals surface area contributed by atoms with Gasteiger partial charge in [-0.15, -0.1) is 6.58 Å². The molecule has 2 aliphatic rings. The van der Waals surface area contributed by atoms with Gasteiger partial charge in [0.05, 0.1) is 0 Å². The van der Waals surface area contributed by atoms with Crippen molar-refractivity contribution in [3.05, 3.63) is 48.6 Å². The number of Topliss-reactive ketones (excluding diaryl/α,β-unsaturated/α-hetero) is 1. The summed E-state index contributed by atoms with van der Waals surface area (Å²) in [4.78, 5) is 26.8. The quantitative estimate of drug-likeness (QED) is 0.542. The zero-order chi connectivity index (χ0) is 17.6. The first-order valence-corrected chi connectivity index (χ1v) is 9.31. The molecule has 0 N–H and O–H groups in total. The number of ether oxygens (including phenoxy) is 1. The SMILES string of the molecule is C=CCCCC(=O)C1CC2CCC(C1)N2C(=O)OCc1ccccc1. The van der Waals surface area contributed by atoms with E-state index in [1.165, 1.54) is 0 Å². The Bertz CT molecular complexity index is 599. The van der Waals surface area contributed by atoms with E-state index >= 15 is 0 Å². The van der Waals surface area contributed by atoms with Gasteiger partial charge in [0.1, 0.15) is 12.4 Å². The summed E-state index contributed by atoms with van der Waals surface area (Å²) in [7, 11) is 0. The highest BCUT2D eigenvalue weighted by Crippen LogP contribution is 2.40. The van der Waals surface area contributed by atoms with Gasteiger partial charge in [-0.3, -0.25) is 4.79 Å². The van der Waals surface area contributed by atoms with Crippen LogP contribution in [-0.4, -0.2) is 28.9 Å². The molecule has 0 aromatic heterocycles. The van der Waals surface area contributed by atoms with Crippen LogP contribution in [0.5, 0.6) is 0 Å². The van der Waals surface area contributed by atoms with Gasteiger partial charge < -0.3 is 9.64 Å². The van der Waals surface area contributed by atoms with Gasteiger partial charge in [0.25, 0.3) is 0 Å². The third kappa shape index (κ3) is 4.30. The fourth-order valence-corrected chi connectivity index (χ4v) is 4.16. The number of carbonyl (C=O) groups is 2. The Morgan fingerprint density at radius 3 is 2.48 bits per heavy atom. The van der Waals surface area contributed by atoms with Crippen LogP contribution in [0.2, 0.25) is 0 Å². The van der Waals surface area contributed by atoms with Crippen molar-refractivity contribution in [3.63, 3.8) is 0 Å². The second-order valence-electron chi connectivity index (χ2n) is 7.15. The maximum absolute atomic E-state index is 12.5. The van der Waals surface area contributed by atoms with Crippen LogP contribution in [0.15, 0.2) is 43.0 Å². The average Bonchev–Trinajstić information content (AvgIpc) is 2.90. The van der Waals surface area contributed by atoms with Crippen LogP contribution in [0.25, 0.3) is 0 Å². The molecule has 4 heteroatoms. The fraction of sp³-hybridized carbons (Fsp3) is 0.524. The molecule has 3 rings (SSSR count). The number of allylic oxidation sites excluding steroid dienone is 1. The molecule has 2 saturated heterocycles. The van der Waals surface area contributed by atoms with Crippen LogP contribution < -0.4 is 0 Å². The molecule has 0 saturated carbocycles. The Morgan fingerprint density at radius 2 is 1.84 bits per heavy atom. The normalized spacial score (nSPS) is 24.8. The van der Waals surface area contributed by atoms with Crippen LogP contribution in [0.4, 0.5) is 4.79 Å². The Morgan fingerprint density at radius 1 is 1.16 bits per heavy atom. The Kier molecular flexibility index (Phi) is 5.90. The van der Waals surface area contributed by atoms with Crippen molar-refractivity contribution in [1.29, 1.82) is 0 Å². The minimum absolute atomic E-state index is 0.112. The van der Waals surface area contributed by atoms with Gasteiger partial charge in [0.2, 0.25) is 0 Å². The predicted octanol–water partition coefficient (Wildman–Crippen LogP) is 4.49. The number of carbonyl (C=O) groups excluding carboxylic acids is 2. The van der Waals surface area contributed by atoms with E-state index in [4.69, 9.17) is 4.74 Å². The number of nitrogens with zero attached hydrogens (tertiary/aromatic N) is 1. The maximum atomic E-state index is 12.5. The maximum Gasteiger partial charge on any atom is 0.410 e. The summed E-state index contributed by atoms with van der Waals surface area (Å²) in [6, 6.07) is 10.1. The van der Waals surface area contributed by atoms with E-state index < -0.39 is 0 Å². The molecule has 25 heavy (non-hydrogen) atoms. The molecule has 4 nitrogen and oxygen atoms in total. The summed E-state index contributed by atoms with van der Waals surface area (Å²) in [5.41, 5.74) is 0.996. The Labute approximate surface area is 149 Å². The summed E-state index contributed by atoms with van der Waals surface area (Å²) < 4.78 is 5.51. The number of fused-ring (bicyclic) bond motifs is 2. The topological polar surface area (TPSA) is 46.6 Å². The Hall–Kier alpha value is -2.10. The fourth-order valence-electron chi connectivity index (χ4n) is 4.16. The smallest absolute Gasteiger partial charge is 0.410 e. The number of ketones is 1. The van der Waals surface area contributed by atoms with Crippen molar-refractivity contribution in [2.75, 3.05) is 0 Å². The van der Waals surface area contributed by atoms with Crippen LogP contribution in [-0.2, 0) is 16.1 Å². The molecule has 1 aromatic rings. The minimum atomic E-state index is -0.228. The summed E-state index contributed by atoms with van der Waals surface area (Å²) >= 11 is 0. The van der Waals surface area contributed by atoms with Crippen molar-refractivity contribution in [1.82, 2.24) is 4.90 Å². The number of hydrogen-bond donors (Lipinski definition) is 0. The summed E-state index contributed by atoms with van der Waals surface area (Å²) in [6.07, 6.45) is 7.61. The summed E-state index contributed by atoms with van der Waals surface area (Å²) in [6.45, 7) is 4.01. The van der Waals surface area contributed by atoms with Gasteiger partial charge in [-0.05, 0) is 44.1 Å². The van der Waals surface area contributed by atoms with Crippen molar-refractivity contribution in [3.8, 4) is 0 Å². The van der Waals surface area contributed by atoms with E-state index in [9.17, 15) is 9.59 Å². The second-order valence-corrected chi connectivity index (χ2v) is 7.15. The number of piperidine rings is 1. The number of benzene rings is 1. The molecule has 1 amide bonds. The first-order chi connectivity index (χ1) is 12.2. The van der Waals surface area contributed by atoms with Gasteiger partial charge in [0.15, 0.2) is 0 Å². The largest absolute Gasteiger partial charge is 0.445 e. The monoisotopic (exact) mass is 341 g/mol. The predicted molar refractivity (Wildman–Crippen MR) is 97.1 cm³/mol. The lowest BCUT2D eigenvalue weighted by atomic mass is 9.86. The van der Waals surface area contributed by atoms with Crippen LogP contribution in [0.3, 0.4) is 0 Å². The van der Waals surface area contributed by atoms with Crippen molar-refractivity contribution in [2.24, 2.45) is 5.92 Å². The highest BCUT2D eigenvalue weighted by molar-refractivity contribution is 5.81. The highest BCUT2D eigenvalue weighted by Gasteiger charge is 2.45. The standard InChI is InChI=1S/C21H27NO3/c1-2-3-5-10-20(23)17-13-18-11-12-19(14-17)22(18)21(24)25-15-16-8-6-4-7-9-16/h2,4,6-9,17-19H,1,3,5,10-15H2. The summed E-state index contributed by atoms with van der Waals surface area (Å²) in [5, 5.41) is 0. The molecule has 0 aliphatic carbocycles.